The van der Waals surface area contributed by atoms with Gasteiger partial charge in [-0.1, -0.05) is 122 Å². The van der Waals surface area contributed by atoms with Gasteiger partial charge < -0.3 is 9.16 Å². The average Bonchev–Trinajstić information content (AvgIpc) is 2.82. The number of carbonyl (C=O) groups is 1. The Bertz CT molecular complexity index is 1030. The Kier molecular flexibility index (Phi) is 10.7. The zero-order valence-corrected chi connectivity index (χ0v) is 23.3. The van der Waals surface area contributed by atoms with E-state index in [9.17, 15) is 4.79 Å². The summed E-state index contributed by atoms with van der Waals surface area (Å²) in [5.74, 6) is -0.351. The Labute approximate surface area is 213 Å². The highest BCUT2D eigenvalue weighted by Gasteiger charge is 2.49. The molecule has 35 heavy (non-hydrogen) atoms. The Hall–Kier alpha value is -2.95. The molecule has 0 aliphatic rings. The molecule has 0 aliphatic carbocycles. The Morgan fingerprint density at radius 1 is 0.800 bits per heavy atom. The number of methoxy groups -OCH3 is 1. The van der Waals surface area contributed by atoms with Crippen molar-refractivity contribution in [3.05, 3.63) is 108 Å². The predicted molar refractivity (Wildman–Crippen MR) is 151 cm³/mol. The van der Waals surface area contributed by atoms with E-state index < -0.39 is 8.32 Å². The van der Waals surface area contributed by atoms with Crippen LogP contribution in [0.25, 0.3) is 0 Å². The van der Waals surface area contributed by atoms with Crippen molar-refractivity contribution in [1.82, 2.24) is 0 Å². The van der Waals surface area contributed by atoms with E-state index in [1.165, 1.54) is 29.1 Å². The molecule has 0 aliphatic heterocycles. The molecule has 0 spiro atoms. The van der Waals surface area contributed by atoms with Gasteiger partial charge in [0.05, 0.1) is 7.11 Å². The zero-order valence-electron chi connectivity index (χ0n) is 22.3. The van der Waals surface area contributed by atoms with Gasteiger partial charge in [-0.25, -0.2) is 4.79 Å². The topological polar surface area (TPSA) is 35.5 Å². The summed E-state index contributed by atoms with van der Waals surface area (Å²) in [5, 5.41) is 2.58. The predicted octanol–water partition coefficient (Wildman–Crippen LogP) is 6.52. The summed E-state index contributed by atoms with van der Waals surface area (Å²) in [7, 11) is -1.12. The summed E-state index contributed by atoms with van der Waals surface area (Å²) in [6, 6.07) is 21.5. The van der Waals surface area contributed by atoms with Gasteiger partial charge in [0, 0.05) is 12.7 Å². The van der Waals surface area contributed by atoms with Crippen molar-refractivity contribution >= 4 is 24.7 Å². The van der Waals surface area contributed by atoms with Crippen LogP contribution in [-0.2, 0) is 14.0 Å². The molecule has 0 N–H and O–H groups in total. The van der Waals surface area contributed by atoms with Crippen LogP contribution in [0.15, 0.2) is 108 Å². The SMILES string of the molecule is COC(=O)/C=C/C(C)=C/C(C)=C/C(C)=C/CCO[Si](c1ccccc1)(c1ccccc1)C(C)(C)C. The lowest BCUT2D eigenvalue weighted by molar-refractivity contribution is -0.134. The highest BCUT2D eigenvalue weighted by atomic mass is 28.4. The molecule has 0 saturated carbocycles. The third kappa shape index (κ3) is 8.05. The van der Waals surface area contributed by atoms with E-state index in [0.29, 0.717) is 6.61 Å². The van der Waals surface area contributed by atoms with E-state index in [1.807, 2.05) is 6.92 Å². The van der Waals surface area contributed by atoms with Gasteiger partial charge in [0.2, 0.25) is 0 Å². The van der Waals surface area contributed by atoms with Crippen molar-refractivity contribution in [2.24, 2.45) is 0 Å². The van der Waals surface area contributed by atoms with Gasteiger partial charge in [-0.05, 0) is 42.6 Å². The lowest BCUT2D eigenvalue weighted by atomic mass is 10.1. The summed E-state index contributed by atoms with van der Waals surface area (Å²) in [5.41, 5.74) is 3.31. The van der Waals surface area contributed by atoms with Crippen LogP contribution < -0.4 is 10.4 Å². The second kappa shape index (κ2) is 13.2. The van der Waals surface area contributed by atoms with Crippen LogP contribution in [0.2, 0.25) is 5.04 Å². The maximum atomic E-state index is 11.3. The molecule has 2 aromatic rings. The molecule has 3 nitrogen and oxygen atoms in total. The number of esters is 1. The van der Waals surface area contributed by atoms with Crippen LogP contribution >= 0.6 is 0 Å². The zero-order chi connectivity index (χ0) is 25.9. The lowest BCUT2D eigenvalue weighted by Gasteiger charge is -2.43. The van der Waals surface area contributed by atoms with Gasteiger partial charge in [0.15, 0.2) is 0 Å². The largest absolute Gasteiger partial charge is 0.466 e. The summed E-state index contributed by atoms with van der Waals surface area (Å²) in [4.78, 5) is 11.3. The van der Waals surface area contributed by atoms with Gasteiger partial charge in [-0.2, -0.15) is 0 Å². The second-order valence-electron chi connectivity index (χ2n) is 9.88. The average molecular weight is 489 g/mol. The van der Waals surface area contributed by atoms with Crippen molar-refractivity contribution in [2.75, 3.05) is 13.7 Å². The number of benzene rings is 2. The first-order valence-corrected chi connectivity index (χ1v) is 14.1. The molecule has 186 valence electrons. The van der Waals surface area contributed by atoms with Crippen molar-refractivity contribution in [3.8, 4) is 0 Å². The Balaban J connectivity index is 2.20. The van der Waals surface area contributed by atoms with Gasteiger partial charge in [-0.15, -0.1) is 0 Å². The number of hydrogen-bond donors (Lipinski definition) is 0. The Morgan fingerprint density at radius 3 is 1.80 bits per heavy atom. The van der Waals surface area contributed by atoms with Crippen LogP contribution in [0.1, 0.15) is 48.0 Å². The number of ether oxygens (including phenoxy) is 1. The smallest absolute Gasteiger partial charge is 0.330 e. The normalized spacial score (nSPS) is 13.9. The van der Waals surface area contributed by atoms with Crippen LogP contribution in [-0.4, -0.2) is 28.0 Å². The molecule has 0 bridgehead atoms. The molecule has 0 atom stereocenters. The first kappa shape index (κ1) is 28.3. The fourth-order valence-corrected chi connectivity index (χ4v) is 8.97. The monoisotopic (exact) mass is 488 g/mol. The first-order chi connectivity index (χ1) is 16.6. The number of rotatable bonds is 10. The molecule has 0 radical (unpaired) electrons. The van der Waals surface area contributed by atoms with Crippen molar-refractivity contribution in [2.45, 2.75) is 53.0 Å². The highest BCUT2D eigenvalue weighted by Crippen LogP contribution is 2.36. The van der Waals surface area contributed by atoms with Crippen molar-refractivity contribution in [3.63, 3.8) is 0 Å². The summed E-state index contributed by atoms with van der Waals surface area (Å²) in [6.45, 7) is 13.7. The summed E-state index contributed by atoms with van der Waals surface area (Å²) >= 11 is 0. The molecule has 0 fully saturated rings. The fourth-order valence-electron chi connectivity index (χ4n) is 4.39. The molecule has 0 unspecified atom stereocenters. The Morgan fingerprint density at radius 2 is 1.31 bits per heavy atom. The minimum atomic E-state index is -2.50. The van der Waals surface area contributed by atoms with Crippen LogP contribution in [0.3, 0.4) is 0 Å². The minimum Gasteiger partial charge on any atom is -0.466 e. The van der Waals surface area contributed by atoms with Gasteiger partial charge in [0.1, 0.15) is 0 Å². The first-order valence-electron chi connectivity index (χ1n) is 12.1. The van der Waals surface area contributed by atoms with E-state index in [-0.39, 0.29) is 11.0 Å². The van der Waals surface area contributed by atoms with Crippen LogP contribution in [0.5, 0.6) is 0 Å². The molecule has 0 aromatic heterocycles. The van der Waals surface area contributed by atoms with Crippen LogP contribution in [0, 0.1) is 0 Å². The van der Waals surface area contributed by atoms with E-state index in [4.69, 9.17) is 4.43 Å². The highest BCUT2D eigenvalue weighted by molar-refractivity contribution is 6.99. The van der Waals surface area contributed by atoms with Gasteiger partial charge in [-0.3, -0.25) is 0 Å². The number of allylic oxidation sites excluding steroid dienone is 6. The van der Waals surface area contributed by atoms with Gasteiger partial charge in [0.25, 0.3) is 8.32 Å². The number of carbonyl (C=O) groups excluding carboxylic acids is 1. The minimum absolute atomic E-state index is 0.0228. The third-order valence-corrected chi connectivity index (χ3v) is 11.0. The third-order valence-electron chi connectivity index (χ3n) is 5.91. The molecule has 2 rings (SSSR count). The summed E-state index contributed by atoms with van der Waals surface area (Å²) < 4.78 is 11.6. The van der Waals surface area contributed by atoms with E-state index in [2.05, 4.69) is 118 Å². The van der Waals surface area contributed by atoms with Crippen molar-refractivity contribution < 1.29 is 14.0 Å². The maximum Gasteiger partial charge on any atom is 0.330 e. The standard InChI is InChI=1S/C31H40O3Si/c1-25(23-27(3)24-26(2)20-21-30(32)33-7)15-14-22-34-35(31(4,5)6,28-16-10-8-11-17-28)29-18-12-9-13-19-29/h8-13,15-21,23-24H,14,22H2,1-7H3/b21-20+,25-15+,26-24+,27-23+. The molecule has 0 saturated heterocycles. The van der Waals surface area contributed by atoms with E-state index in [1.54, 1.807) is 6.08 Å². The van der Waals surface area contributed by atoms with Crippen LogP contribution in [0.4, 0.5) is 0 Å². The quantitative estimate of drug-likeness (QED) is 0.126. The van der Waals surface area contributed by atoms with E-state index in [0.717, 1.165) is 17.6 Å². The summed E-state index contributed by atoms with van der Waals surface area (Å²) in [6.07, 6.45) is 10.5. The molecule has 0 amide bonds. The van der Waals surface area contributed by atoms with Gasteiger partial charge >= 0.3 is 5.97 Å². The fraction of sp³-hybridized carbons (Fsp3) is 0.323. The molecular formula is C31H40O3Si. The molecule has 2 aromatic carbocycles. The molecule has 4 heteroatoms. The van der Waals surface area contributed by atoms with E-state index >= 15 is 0 Å². The van der Waals surface area contributed by atoms with Crippen molar-refractivity contribution in [1.29, 1.82) is 0 Å². The number of hydrogen-bond acceptors (Lipinski definition) is 3. The maximum absolute atomic E-state index is 11.3. The lowest BCUT2D eigenvalue weighted by Crippen LogP contribution is -2.66. The second-order valence-corrected chi connectivity index (χ2v) is 14.2. The molecular weight excluding hydrogens is 448 g/mol. The molecule has 0 heterocycles.